The molecule has 1 saturated heterocycles. The van der Waals surface area contributed by atoms with Crippen LogP contribution in [0, 0.1) is 0 Å². The van der Waals surface area contributed by atoms with Crippen LogP contribution in [0.3, 0.4) is 0 Å². The van der Waals surface area contributed by atoms with Crippen molar-refractivity contribution in [3.8, 4) is 11.5 Å². The molecule has 180 valence electrons. The lowest BCUT2D eigenvalue weighted by molar-refractivity contribution is -0.123. The molecule has 0 saturated carbocycles. The number of amides is 1. The van der Waals surface area contributed by atoms with Gasteiger partial charge in [0.2, 0.25) is 10.0 Å². The second-order valence-corrected chi connectivity index (χ2v) is 11.1. The Kier molecular flexibility index (Phi) is 9.17. The number of halogens is 1. The van der Waals surface area contributed by atoms with Gasteiger partial charge in [-0.1, -0.05) is 26.3 Å². The van der Waals surface area contributed by atoms with Gasteiger partial charge in [0, 0.05) is 13.1 Å². The van der Waals surface area contributed by atoms with Crippen LogP contribution in [0.25, 0.3) is 0 Å². The van der Waals surface area contributed by atoms with Gasteiger partial charge in [0.15, 0.2) is 6.61 Å². The first-order chi connectivity index (χ1) is 15.8. The van der Waals surface area contributed by atoms with Crippen LogP contribution in [0.4, 0.5) is 0 Å². The van der Waals surface area contributed by atoms with Crippen molar-refractivity contribution in [2.75, 3.05) is 32.8 Å². The highest BCUT2D eigenvalue weighted by atomic mass is 79.9. The summed E-state index contributed by atoms with van der Waals surface area (Å²) in [6, 6.07) is 12.2. The number of sulfonamides is 1. The second-order valence-electron chi connectivity index (χ2n) is 8.27. The molecule has 1 N–H and O–H groups in total. The highest BCUT2D eigenvalue weighted by Crippen LogP contribution is 2.29. The van der Waals surface area contributed by atoms with E-state index >= 15 is 0 Å². The zero-order valence-electron chi connectivity index (χ0n) is 19.1. The lowest BCUT2D eigenvalue weighted by Crippen LogP contribution is -2.35. The monoisotopic (exact) mass is 538 g/mol. The van der Waals surface area contributed by atoms with Gasteiger partial charge in [0.25, 0.3) is 5.91 Å². The van der Waals surface area contributed by atoms with Gasteiger partial charge in [-0.25, -0.2) is 8.42 Å². The highest BCUT2D eigenvalue weighted by molar-refractivity contribution is 9.10. The van der Waals surface area contributed by atoms with Crippen molar-refractivity contribution in [2.45, 2.75) is 43.9 Å². The quantitative estimate of drug-likeness (QED) is 0.455. The Bertz CT molecular complexity index is 1040. The number of piperidine rings is 1. The average Bonchev–Trinajstić information content (AvgIpc) is 2.82. The lowest BCUT2D eigenvalue weighted by atomic mass is 10.0. The second kappa shape index (κ2) is 11.9. The minimum Gasteiger partial charge on any atom is -0.492 e. The summed E-state index contributed by atoms with van der Waals surface area (Å²) in [5.41, 5.74) is 1.19. The van der Waals surface area contributed by atoms with Gasteiger partial charge in [0.05, 0.1) is 15.9 Å². The Balaban J connectivity index is 1.39. The number of nitrogens with one attached hydrogen (secondary N) is 1. The van der Waals surface area contributed by atoms with E-state index in [0.29, 0.717) is 37.1 Å². The third kappa shape index (κ3) is 7.19. The maximum absolute atomic E-state index is 12.7. The Labute approximate surface area is 204 Å². The summed E-state index contributed by atoms with van der Waals surface area (Å²) in [6.07, 6.45) is 2.88. The van der Waals surface area contributed by atoms with E-state index in [1.54, 1.807) is 28.6 Å². The number of benzene rings is 2. The molecule has 1 amide bonds. The largest absolute Gasteiger partial charge is 0.492 e. The number of hydrogen-bond acceptors (Lipinski definition) is 5. The van der Waals surface area contributed by atoms with Gasteiger partial charge in [-0.3, -0.25) is 4.79 Å². The van der Waals surface area contributed by atoms with Crippen LogP contribution in [-0.4, -0.2) is 51.5 Å². The first-order valence-electron chi connectivity index (χ1n) is 11.2. The molecular weight excluding hydrogens is 508 g/mol. The van der Waals surface area contributed by atoms with Gasteiger partial charge < -0.3 is 14.8 Å². The molecule has 1 fully saturated rings. The number of ether oxygens (including phenoxy) is 2. The van der Waals surface area contributed by atoms with Crippen LogP contribution in [0.1, 0.15) is 44.6 Å². The van der Waals surface area contributed by atoms with E-state index < -0.39 is 10.0 Å². The summed E-state index contributed by atoms with van der Waals surface area (Å²) in [5, 5.41) is 2.74. The molecule has 3 rings (SSSR count). The molecule has 2 aromatic rings. The normalized spacial score (nSPS) is 14.8. The number of carbonyl (C=O) groups excluding carboxylic acids is 1. The third-order valence-electron chi connectivity index (χ3n) is 5.45. The van der Waals surface area contributed by atoms with Crippen molar-refractivity contribution < 1.29 is 22.7 Å². The molecule has 0 unspecified atom stereocenters. The predicted octanol–water partition coefficient (Wildman–Crippen LogP) is 4.32. The molecule has 1 aliphatic heterocycles. The minimum absolute atomic E-state index is 0.0946. The number of nitrogens with zero attached hydrogens (tertiary/aromatic N) is 1. The van der Waals surface area contributed by atoms with Crippen LogP contribution in [0.2, 0.25) is 0 Å². The lowest BCUT2D eigenvalue weighted by Gasteiger charge is -2.25. The van der Waals surface area contributed by atoms with Crippen molar-refractivity contribution in [2.24, 2.45) is 0 Å². The minimum atomic E-state index is -3.45. The summed E-state index contributed by atoms with van der Waals surface area (Å²) >= 11 is 3.48. The Morgan fingerprint density at radius 1 is 1.06 bits per heavy atom. The highest BCUT2D eigenvalue weighted by Gasteiger charge is 2.25. The molecule has 2 aromatic carbocycles. The average molecular weight is 539 g/mol. The van der Waals surface area contributed by atoms with E-state index in [0.717, 1.165) is 23.7 Å². The van der Waals surface area contributed by atoms with Gasteiger partial charge >= 0.3 is 0 Å². The maximum Gasteiger partial charge on any atom is 0.258 e. The molecule has 0 aromatic heterocycles. The van der Waals surface area contributed by atoms with E-state index in [4.69, 9.17) is 9.47 Å². The first kappa shape index (κ1) is 25.5. The standard InChI is InChI=1S/C24H31BrN2O5S/c1-18(2)19-6-11-23(22(25)16-19)32-17-24(28)26-12-15-31-20-7-9-21(10-8-20)33(29,30)27-13-4-3-5-14-27/h6-11,16,18H,3-5,12-15,17H2,1-2H3,(H,26,28). The van der Waals surface area contributed by atoms with Crippen LogP contribution in [0.5, 0.6) is 11.5 Å². The van der Waals surface area contributed by atoms with Crippen LogP contribution in [0.15, 0.2) is 51.8 Å². The number of rotatable bonds is 10. The van der Waals surface area contributed by atoms with Crippen molar-refractivity contribution in [3.63, 3.8) is 0 Å². The van der Waals surface area contributed by atoms with Crippen LogP contribution in [-0.2, 0) is 14.8 Å². The Morgan fingerprint density at radius 3 is 2.39 bits per heavy atom. The topological polar surface area (TPSA) is 84.9 Å². The third-order valence-corrected chi connectivity index (χ3v) is 7.98. The fraction of sp³-hybridized carbons (Fsp3) is 0.458. The molecule has 0 spiro atoms. The van der Waals surface area contributed by atoms with E-state index in [1.165, 1.54) is 5.56 Å². The molecule has 1 aliphatic rings. The SMILES string of the molecule is CC(C)c1ccc(OCC(=O)NCCOc2ccc(S(=O)(=O)N3CCCCC3)cc2)c(Br)c1. The number of hydrogen-bond donors (Lipinski definition) is 1. The zero-order valence-corrected chi connectivity index (χ0v) is 21.5. The summed E-state index contributed by atoms with van der Waals surface area (Å²) in [7, 11) is -3.45. The molecule has 0 atom stereocenters. The molecule has 1 heterocycles. The summed E-state index contributed by atoms with van der Waals surface area (Å²) in [5.74, 6) is 1.33. The molecule has 0 aliphatic carbocycles. The molecule has 9 heteroatoms. The fourth-order valence-electron chi connectivity index (χ4n) is 3.51. The van der Waals surface area contributed by atoms with Gasteiger partial charge in [-0.05, 0) is 76.7 Å². The van der Waals surface area contributed by atoms with Crippen LogP contribution >= 0.6 is 15.9 Å². The first-order valence-corrected chi connectivity index (χ1v) is 13.4. The predicted molar refractivity (Wildman–Crippen MR) is 131 cm³/mol. The molecule has 0 bridgehead atoms. The van der Waals surface area contributed by atoms with Gasteiger partial charge in [-0.15, -0.1) is 0 Å². The smallest absolute Gasteiger partial charge is 0.258 e. The Hall–Kier alpha value is -2.10. The number of carbonyl (C=O) groups is 1. The maximum atomic E-state index is 12.7. The Morgan fingerprint density at radius 2 is 1.76 bits per heavy atom. The fourth-order valence-corrected chi connectivity index (χ4v) is 5.54. The van der Waals surface area contributed by atoms with Crippen molar-refractivity contribution in [1.29, 1.82) is 0 Å². The molecule has 0 radical (unpaired) electrons. The van der Waals surface area contributed by atoms with E-state index in [-0.39, 0.29) is 24.0 Å². The summed E-state index contributed by atoms with van der Waals surface area (Å²) in [4.78, 5) is 12.3. The summed E-state index contributed by atoms with van der Waals surface area (Å²) in [6.45, 7) is 5.85. The summed E-state index contributed by atoms with van der Waals surface area (Å²) < 4.78 is 38.9. The van der Waals surface area contributed by atoms with Crippen molar-refractivity contribution in [1.82, 2.24) is 9.62 Å². The van der Waals surface area contributed by atoms with Crippen molar-refractivity contribution in [3.05, 3.63) is 52.5 Å². The van der Waals surface area contributed by atoms with E-state index in [9.17, 15) is 13.2 Å². The molecule has 33 heavy (non-hydrogen) atoms. The van der Waals surface area contributed by atoms with Gasteiger partial charge in [-0.2, -0.15) is 4.31 Å². The zero-order chi connectivity index (χ0) is 23.8. The van der Waals surface area contributed by atoms with Crippen LogP contribution < -0.4 is 14.8 Å². The van der Waals surface area contributed by atoms with Gasteiger partial charge in [0.1, 0.15) is 18.1 Å². The van der Waals surface area contributed by atoms with Crippen molar-refractivity contribution >= 4 is 31.9 Å². The van der Waals surface area contributed by atoms with E-state index in [2.05, 4.69) is 35.1 Å². The molecule has 7 nitrogen and oxygen atoms in total. The molecular formula is C24H31BrN2O5S. The van der Waals surface area contributed by atoms with E-state index in [1.807, 2.05) is 18.2 Å².